The van der Waals surface area contributed by atoms with Crippen LogP contribution in [0.1, 0.15) is 6.42 Å². The van der Waals surface area contributed by atoms with Crippen LogP contribution in [0.15, 0.2) is 12.3 Å². The molecular formula is C8H19N3. The first-order valence-electron chi connectivity index (χ1n) is 4.00. The van der Waals surface area contributed by atoms with E-state index in [1.165, 1.54) is 6.42 Å². The smallest absolute Gasteiger partial charge is 0.0153 e. The molecule has 11 heavy (non-hydrogen) atoms. The number of nitrogens with zero attached hydrogens (tertiary/aromatic N) is 1. The van der Waals surface area contributed by atoms with E-state index in [0.29, 0.717) is 6.54 Å². The molecule has 0 radical (unpaired) electrons. The van der Waals surface area contributed by atoms with Crippen molar-refractivity contribution in [3.05, 3.63) is 12.3 Å². The second-order valence-corrected chi connectivity index (χ2v) is 2.75. The predicted octanol–water partition coefficient (Wildman–Crippen LogP) is 0.000100. The third kappa shape index (κ3) is 9.46. The molecule has 0 atom stereocenters. The molecule has 3 heteroatoms. The van der Waals surface area contributed by atoms with Crippen molar-refractivity contribution in [2.24, 2.45) is 5.73 Å². The van der Waals surface area contributed by atoms with Crippen molar-refractivity contribution in [1.82, 2.24) is 10.2 Å². The van der Waals surface area contributed by atoms with Gasteiger partial charge in [0.15, 0.2) is 0 Å². The normalized spacial score (nSPS) is 11.3. The van der Waals surface area contributed by atoms with Crippen molar-refractivity contribution in [3.63, 3.8) is 0 Å². The molecule has 0 aliphatic carbocycles. The summed E-state index contributed by atoms with van der Waals surface area (Å²) in [4.78, 5) is 2.17. The maximum absolute atomic E-state index is 5.26. The van der Waals surface area contributed by atoms with Crippen molar-refractivity contribution in [1.29, 1.82) is 0 Å². The predicted molar refractivity (Wildman–Crippen MR) is 49.4 cm³/mol. The quantitative estimate of drug-likeness (QED) is 0.533. The lowest BCUT2D eigenvalue weighted by Gasteiger charge is -2.08. The molecule has 0 unspecified atom stereocenters. The van der Waals surface area contributed by atoms with E-state index in [-0.39, 0.29) is 0 Å². The second-order valence-electron chi connectivity index (χ2n) is 2.75. The Hall–Kier alpha value is -0.540. The number of hydrogen-bond acceptors (Lipinski definition) is 3. The molecule has 0 spiro atoms. The van der Waals surface area contributed by atoms with Crippen molar-refractivity contribution in [3.8, 4) is 0 Å². The minimum Gasteiger partial charge on any atom is -0.391 e. The summed E-state index contributed by atoms with van der Waals surface area (Å²) >= 11 is 0. The number of rotatable bonds is 6. The molecule has 0 aliphatic heterocycles. The van der Waals surface area contributed by atoms with E-state index in [1.54, 1.807) is 0 Å². The third-order valence-corrected chi connectivity index (χ3v) is 1.30. The van der Waals surface area contributed by atoms with Crippen molar-refractivity contribution >= 4 is 0 Å². The van der Waals surface area contributed by atoms with Gasteiger partial charge in [-0.3, -0.25) is 0 Å². The maximum atomic E-state index is 5.26. The van der Waals surface area contributed by atoms with Gasteiger partial charge in [0.1, 0.15) is 0 Å². The molecule has 0 bridgehead atoms. The first-order valence-corrected chi connectivity index (χ1v) is 4.00. The van der Waals surface area contributed by atoms with Gasteiger partial charge in [-0.15, -0.1) is 0 Å². The van der Waals surface area contributed by atoms with Gasteiger partial charge in [0.05, 0.1) is 0 Å². The van der Waals surface area contributed by atoms with Crippen LogP contribution >= 0.6 is 0 Å². The summed E-state index contributed by atoms with van der Waals surface area (Å²) in [6, 6.07) is 0. The van der Waals surface area contributed by atoms with E-state index in [0.717, 1.165) is 13.1 Å². The van der Waals surface area contributed by atoms with Crippen LogP contribution in [-0.4, -0.2) is 38.6 Å². The van der Waals surface area contributed by atoms with E-state index in [9.17, 15) is 0 Å². The fourth-order valence-corrected chi connectivity index (χ4v) is 0.732. The molecule has 0 fully saturated rings. The summed E-state index contributed by atoms with van der Waals surface area (Å²) in [6.07, 6.45) is 4.99. The Morgan fingerprint density at radius 3 is 2.73 bits per heavy atom. The molecule has 3 N–H and O–H groups in total. The lowest BCUT2D eigenvalue weighted by molar-refractivity contribution is 0.399. The van der Waals surface area contributed by atoms with Crippen LogP contribution in [0.25, 0.3) is 0 Å². The van der Waals surface area contributed by atoms with Crippen LogP contribution < -0.4 is 11.1 Å². The molecule has 0 aliphatic rings. The topological polar surface area (TPSA) is 41.3 Å². The van der Waals surface area contributed by atoms with E-state index in [4.69, 9.17) is 5.73 Å². The van der Waals surface area contributed by atoms with Gasteiger partial charge in [-0.25, -0.2) is 0 Å². The summed E-state index contributed by atoms with van der Waals surface area (Å²) in [5.74, 6) is 0. The summed E-state index contributed by atoms with van der Waals surface area (Å²) in [5.41, 5.74) is 5.26. The standard InChI is InChI=1S/C8H19N3/c1-11(2)8-4-7-10-6-3-5-9/h3,6,10H,4-5,7-9H2,1-2H3. The Kier molecular flexibility index (Phi) is 7.19. The molecule has 0 rings (SSSR count). The summed E-state index contributed by atoms with van der Waals surface area (Å²) in [6.45, 7) is 2.76. The van der Waals surface area contributed by atoms with Gasteiger partial charge in [0.25, 0.3) is 0 Å². The Morgan fingerprint density at radius 2 is 2.18 bits per heavy atom. The monoisotopic (exact) mass is 157 g/mol. The molecule has 0 aromatic carbocycles. The van der Waals surface area contributed by atoms with Gasteiger partial charge in [-0.05, 0) is 33.3 Å². The van der Waals surface area contributed by atoms with Crippen LogP contribution in [0.3, 0.4) is 0 Å². The average Bonchev–Trinajstić information content (AvgIpc) is 1.96. The third-order valence-electron chi connectivity index (χ3n) is 1.30. The van der Waals surface area contributed by atoms with Gasteiger partial charge >= 0.3 is 0 Å². The van der Waals surface area contributed by atoms with Crippen molar-refractivity contribution in [2.75, 3.05) is 33.7 Å². The molecule has 66 valence electrons. The van der Waals surface area contributed by atoms with E-state index < -0.39 is 0 Å². The molecule has 3 nitrogen and oxygen atoms in total. The van der Waals surface area contributed by atoms with Crippen molar-refractivity contribution < 1.29 is 0 Å². The zero-order valence-electron chi connectivity index (χ0n) is 7.51. The maximum Gasteiger partial charge on any atom is 0.0153 e. The van der Waals surface area contributed by atoms with Crippen LogP contribution in [0, 0.1) is 0 Å². The minimum atomic E-state index is 0.612. The first kappa shape index (κ1) is 10.5. The van der Waals surface area contributed by atoms with E-state index in [1.807, 2.05) is 12.3 Å². The summed E-state index contributed by atoms with van der Waals surface area (Å²) in [5, 5.41) is 3.15. The number of hydrogen-bond donors (Lipinski definition) is 2. The zero-order chi connectivity index (χ0) is 8.53. The highest BCUT2D eigenvalue weighted by Gasteiger charge is 1.86. The Bertz CT molecular complexity index is 99.5. The van der Waals surface area contributed by atoms with Gasteiger partial charge in [-0.1, -0.05) is 6.08 Å². The second kappa shape index (κ2) is 7.57. The molecule has 0 aromatic heterocycles. The van der Waals surface area contributed by atoms with E-state index in [2.05, 4.69) is 24.3 Å². The van der Waals surface area contributed by atoms with Gasteiger partial charge < -0.3 is 16.0 Å². The Balaban J connectivity index is 2.96. The highest BCUT2D eigenvalue weighted by Crippen LogP contribution is 1.79. The molecule has 0 saturated heterocycles. The molecule has 0 amide bonds. The van der Waals surface area contributed by atoms with Gasteiger partial charge in [-0.2, -0.15) is 0 Å². The highest BCUT2D eigenvalue weighted by atomic mass is 15.0. The summed E-state index contributed by atoms with van der Waals surface area (Å²) < 4.78 is 0. The lowest BCUT2D eigenvalue weighted by Crippen LogP contribution is -2.18. The number of nitrogens with two attached hydrogens (primary N) is 1. The first-order chi connectivity index (χ1) is 5.27. The fraction of sp³-hybridized carbons (Fsp3) is 0.750. The Morgan fingerprint density at radius 1 is 1.45 bits per heavy atom. The molecular weight excluding hydrogens is 138 g/mol. The van der Waals surface area contributed by atoms with Crippen molar-refractivity contribution in [2.45, 2.75) is 6.42 Å². The minimum absolute atomic E-state index is 0.612. The molecule has 0 heterocycles. The zero-order valence-corrected chi connectivity index (χ0v) is 7.51. The average molecular weight is 157 g/mol. The number of nitrogens with one attached hydrogen (secondary N) is 1. The van der Waals surface area contributed by atoms with Gasteiger partial charge in [0, 0.05) is 13.1 Å². The molecule has 0 saturated carbocycles. The van der Waals surface area contributed by atoms with E-state index >= 15 is 0 Å². The summed E-state index contributed by atoms with van der Waals surface area (Å²) in [7, 11) is 4.16. The lowest BCUT2D eigenvalue weighted by atomic mass is 10.4. The van der Waals surface area contributed by atoms with Crippen LogP contribution in [0.5, 0.6) is 0 Å². The van der Waals surface area contributed by atoms with Gasteiger partial charge in [0.2, 0.25) is 0 Å². The Labute approximate surface area is 69.3 Å². The van der Waals surface area contributed by atoms with Crippen LogP contribution in [0.4, 0.5) is 0 Å². The molecule has 0 aromatic rings. The SMILES string of the molecule is CN(C)CCCNC=CCN. The van der Waals surface area contributed by atoms with Crippen LogP contribution in [0.2, 0.25) is 0 Å². The largest absolute Gasteiger partial charge is 0.391 e. The fourth-order valence-electron chi connectivity index (χ4n) is 0.732. The highest BCUT2D eigenvalue weighted by molar-refractivity contribution is 4.79. The van der Waals surface area contributed by atoms with Crippen LogP contribution in [-0.2, 0) is 0 Å².